The fraction of sp³-hybridized carbons (Fsp3) is 0.744. The lowest BCUT2D eigenvalue weighted by atomic mass is 10.00. The predicted octanol–water partition coefficient (Wildman–Crippen LogP) is 3.18. The van der Waals surface area contributed by atoms with Gasteiger partial charge < -0.3 is 15.1 Å². The minimum atomic E-state index is -0.735. The lowest BCUT2D eigenvalue weighted by molar-refractivity contribution is -0.140. The molecule has 350 valence electrons. The number of imide groups is 2. The molecule has 0 saturated carbocycles. The van der Waals surface area contributed by atoms with Crippen LogP contribution < -0.4 is 10.7 Å². The number of rotatable bonds is 6. The number of ketones is 2. The predicted molar refractivity (Wildman–Crippen MR) is 233 cm³/mol. The molecule has 0 aromatic heterocycles. The summed E-state index contributed by atoms with van der Waals surface area (Å²) in [5, 5.41) is 9.67. The number of hydrazine groups is 1. The number of hydrazone groups is 1. The Morgan fingerprint density at radius 3 is 1.29 bits per heavy atom. The number of hydrogen-bond acceptors (Lipinski definition) is 12. The summed E-state index contributed by atoms with van der Waals surface area (Å²) >= 11 is 0. The molecule has 9 amide bonds. The summed E-state index contributed by atoms with van der Waals surface area (Å²) in [4.78, 5) is 117. The summed E-state index contributed by atoms with van der Waals surface area (Å²) in [6, 6.07) is 0.441. The molecule has 19 nitrogen and oxygen atoms in total. The van der Waals surface area contributed by atoms with Crippen molar-refractivity contribution >= 4 is 65.2 Å². The van der Waals surface area contributed by atoms with E-state index in [1.54, 1.807) is 48.7 Å². The van der Waals surface area contributed by atoms with Crippen LogP contribution in [0.25, 0.3) is 0 Å². The summed E-state index contributed by atoms with van der Waals surface area (Å²) in [6.45, 7) is 31.0. The smallest absolute Gasteiger partial charge is 0.325 e. The molecule has 0 unspecified atom stereocenters. The van der Waals surface area contributed by atoms with E-state index in [4.69, 9.17) is 0 Å². The van der Waals surface area contributed by atoms with Crippen LogP contribution in [0.4, 0.5) is 4.79 Å². The maximum absolute atomic E-state index is 11.5. The van der Waals surface area contributed by atoms with Crippen LogP contribution >= 0.6 is 0 Å². The summed E-state index contributed by atoms with van der Waals surface area (Å²) < 4.78 is 0. The molecular formula is C43H73N9O10. The van der Waals surface area contributed by atoms with Crippen molar-refractivity contribution in [1.29, 1.82) is 0 Å². The van der Waals surface area contributed by atoms with E-state index >= 15 is 0 Å². The lowest BCUT2D eigenvalue weighted by Crippen LogP contribution is -2.48. The van der Waals surface area contributed by atoms with Gasteiger partial charge >= 0.3 is 6.03 Å². The molecular weight excluding hydrogens is 803 g/mol. The summed E-state index contributed by atoms with van der Waals surface area (Å²) in [6.07, 6.45) is 3.75. The highest BCUT2D eigenvalue weighted by Crippen LogP contribution is 2.28. The Labute approximate surface area is 367 Å². The maximum atomic E-state index is 11.5. The second kappa shape index (κ2) is 23.4. The minimum absolute atomic E-state index is 0.0278. The first-order valence-corrected chi connectivity index (χ1v) is 21.5. The summed E-state index contributed by atoms with van der Waals surface area (Å²) in [7, 11) is 0. The number of hydrogen-bond donors (Lipinski definition) is 2. The van der Waals surface area contributed by atoms with Crippen molar-refractivity contribution in [2.45, 2.75) is 197 Å². The van der Waals surface area contributed by atoms with Crippen LogP contribution in [0.1, 0.15) is 149 Å². The largest absolute Gasteiger partial charge is 0.333 e. The third-order valence-corrected chi connectivity index (χ3v) is 10.2. The van der Waals surface area contributed by atoms with Crippen molar-refractivity contribution in [1.82, 2.24) is 40.4 Å². The van der Waals surface area contributed by atoms with E-state index in [1.807, 2.05) is 83.1 Å². The van der Waals surface area contributed by atoms with Gasteiger partial charge in [-0.1, -0.05) is 0 Å². The first kappa shape index (κ1) is 54.9. The van der Waals surface area contributed by atoms with Gasteiger partial charge in [-0.05, 0) is 111 Å². The molecule has 6 rings (SSSR count). The zero-order valence-electron chi connectivity index (χ0n) is 39.9. The van der Waals surface area contributed by atoms with Gasteiger partial charge in [0.2, 0.25) is 35.4 Å². The lowest BCUT2D eigenvalue weighted by Gasteiger charge is -2.33. The number of carbonyl (C=O) groups is 10. The van der Waals surface area contributed by atoms with Crippen molar-refractivity contribution in [3.8, 4) is 0 Å². The van der Waals surface area contributed by atoms with E-state index in [2.05, 4.69) is 15.8 Å². The average molecular weight is 876 g/mol. The van der Waals surface area contributed by atoms with Crippen LogP contribution in [0, 0.1) is 0 Å². The number of nitrogens with zero attached hydrogens (tertiary/aromatic N) is 7. The van der Waals surface area contributed by atoms with E-state index in [9.17, 15) is 47.9 Å². The highest BCUT2D eigenvalue weighted by molar-refractivity contribution is 6.10. The zero-order chi connectivity index (χ0) is 48.2. The van der Waals surface area contributed by atoms with Crippen molar-refractivity contribution in [2.75, 3.05) is 13.1 Å². The number of amides is 9. The van der Waals surface area contributed by atoms with Gasteiger partial charge in [0, 0.05) is 68.3 Å². The van der Waals surface area contributed by atoms with Gasteiger partial charge in [-0.25, -0.2) is 15.2 Å². The maximum Gasteiger partial charge on any atom is 0.325 e. The number of urea groups is 1. The molecule has 6 heterocycles. The third-order valence-electron chi connectivity index (χ3n) is 10.2. The fourth-order valence-corrected chi connectivity index (χ4v) is 7.06. The molecule has 2 N–H and O–H groups in total. The van der Waals surface area contributed by atoms with Gasteiger partial charge in [0.15, 0.2) is 11.6 Å². The van der Waals surface area contributed by atoms with Crippen molar-refractivity contribution in [3.63, 3.8) is 0 Å². The van der Waals surface area contributed by atoms with Gasteiger partial charge in [0.1, 0.15) is 5.54 Å². The van der Waals surface area contributed by atoms with E-state index in [-0.39, 0.29) is 102 Å². The van der Waals surface area contributed by atoms with Crippen LogP contribution in [0.3, 0.4) is 0 Å². The van der Waals surface area contributed by atoms with Gasteiger partial charge in [-0.15, -0.1) is 0 Å². The molecule has 0 aliphatic carbocycles. The van der Waals surface area contributed by atoms with E-state index in [1.165, 1.54) is 14.8 Å². The Kier molecular flexibility index (Phi) is 20.7. The normalized spacial score (nSPS) is 20.4. The summed E-state index contributed by atoms with van der Waals surface area (Å²) in [5.41, 5.74) is 1.66. The minimum Gasteiger partial charge on any atom is -0.333 e. The van der Waals surface area contributed by atoms with E-state index < -0.39 is 11.1 Å². The number of Topliss-reactive ketones (excluding diaryl/α,β-unsaturated/α-hetero) is 2. The van der Waals surface area contributed by atoms with Crippen molar-refractivity contribution < 1.29 is 47.9 Å². The molecule has 5 saturated heterocycles. The molecule has 6 aliphatic rings. The Morgan fingerprint density at radius 2 is 1.10 bits per heavy atom. The number of likely N-dealkylation sites (tertiary alicyclic amines) is 3. The standard InChI is InChI=1S/C9H15NO2.C8H14N2O2.2C7H11NO2.C6H12N2O.C6H10N2O/c1-6(2)10-8(12)5-7(11)9(10,3)4;1-5(2)10-6(11)8(3,4)9-7(10)12;1-5(2)8-4-6(9)3-7(8)10;1-5(2)8-6(9)3-4-7(8)10;2*1-5(2)8-6(9)3-4-7-8/h6H,5H2,1-4H3;5H,1-4H3,(H,9,12);2*5H,3-4H2,1-2H3;5,7H,3-4H2,1-2H3;4-5H,3H2,1-2H3. The number of nitrogens with one attached hydrogen (secondary N) is 2. The Morgan fingerprint density at radius 1 is 0.565 bits per heavy atom. The van der Waals surface area contributed by atoms with Gasteiger partial charge in [0.05, 0.1) is 31.3 Å². The molecule has 19 heteroatoms. The second-order valence-corrected chi connectivity index (χ2v) is 18.3. The second-order valence-electron chi connectivity index (χ2n) is 18.3. The molecule has 6 aliphatic heterocycles. The SMILES string of the molecule is CC(C)N1C(=O)CC(=O)C1(C)C.CC(C)N1C(=O)CCC1=O.CC(C)N1C(=O)NC(C)(C)C1=O.CC(C)N1CC(=O)CC1=O.CC(C)N1N=CCC1=O.CC(C)N1NCCC1=O. The molecule has 0 atom stereocenters. The first-order valence-electron chi connectivity index (χ1n) is 21.5. The highest BCUT2D eigenvalue weighted by atomic mass is 16.2. The van der Waals surface area contributed by atoms with Crippen LogP contribution in [0.5, 0.6) is 0 Å². The molecule has 62 heavy (non-hydrogen) atoms. The monoisotopic (exact) mass is 876 g/mol. The average Bonchev–Trinajstić information content (AvgIpc) is 3.96. The third kappa shape index (κ3) is 15.1. The fourth-order valence-electron chi connectivity index (χ4n) is 7.06. The number of carbonyl (C=O) groups excluding carboxylic acids is 10. The first-order chi connectivity index (χ1) is 28.4. The Bertz CT molecular complexity index is 1700. The quantitative estimate of drug-likeness (QED) is 0.224. The molecule has 0 aromatic rings. The van der Waals surface area contributed by atoms with E-state index in [0.717, 1.165) is 6.54 Å². The van der Waals surface area contributed by atoms with Crippen molar-refractivity contribution in [3.05, 3.63) is 0 Å². The van der Waals surface area contributed by atoms with Crippen LogP contribution in [0.15, 0.2) is 5.10 Å². The molecule has 0 spiro atoms. The molecule has 0 aromatic carbocycles. The van der Waals surface area contributed by atoms with Crippen LogP contribution in [-0.4, -0.2) is 155 Å². The van der Waals surface area contributed by atoms with Gasteiger partial charge in [0.25, 0.3) is 5.91 Å². The topological polar surface area (TPSA) is 227 Å². The van der Waals surface area contributed by atoms with Gasteiger partial charge in [-0.3, -0.25) is 58.0 Å². The van der Waals surface area contributed by atoms with Crippen LogP contribution in [0.2, 0.25) is 0 Å². The summed E-state index contributed by atoms with van der Waals surface area (Å²) in [5.74, 6) is 0.109. The molecule has 0 bridgehead atoms. The Hall–Kier alpha value is -5.07. The molecule has 5 fully saturated rings. The zero-order valence-corrected chi connectivity index (χ0v) is 39.9. The highest BCUT2D eigenvalue weighted by Gasteiger charge is 2.46. The van der Waals surface area contributed by atoms with Crippen molar-refractivity contribution in [2.24, 2.45) is 5.10 Å². The molecule has 0 radical (unpaired) electrons. The van der Waals surface area contributed by atoms with E-state index in [0.29, 0.717) is 38.3 Å². The van der Waals surface area contributed by atoms with Gasteiger partial charge in [-0.2, -0.15) is 5.10 Å². The van der Waals surface area contributed by atoms with Crippen LogP contribution in [-0.2, 0) is 43.2 Å². The Balaban J connectivity index is 0.000000373.